The van der Waals surface area contributed by atoms with Gasteiger partial charge in [0.15, 0.2) is 0 Å². The first-order valence-corrected chi connectivity index (χ1v) is 10.3. The zero-order valence-electron chi connectivity index (χ0n) is 16.9. The van der Waals surface area contributed by atoms with E-state index >= 15 is 0 Å². The summed E-state index contributed by atoms with van der Waals surface area (Å²) in [4.78, 5) is 24.9. The predicted octanol–water partition coefficient (Wildman–Crippen LogP) is 3.77. The molecule has 0 bridgehead atoms. The summed E-state index contributed by atoms with van der Waals surface area (Å²) in [7, 11) is 1.63. The molecule has 0 radical (unpaired) electrons. The minimum atomic E-state index is -0.768. The molecule has 5 heteroatoms. The van der Waals surface area contributed by atoms with Crippen molar-refractivity contribution in [3.63, 3.8) is 0 Å². The van der Waals surface area contributed by atoms with E-state index in [1.807, 2.05) is 0 Å². The predicted molar refractivity (Wildman–Crippen MR) is 113 cm³/mol. The van der Waals surface area contributed by atoms with Crippen LogP contribution in [0.15, 0.2) is 42.5 Å². The zero-order chi connectivity index (χ0) is 20.0. The highest BCUT2D eigenvalue weighted by Crippen LogP contribution is 2.28. The SMILES string of the molecule is CNC(=O)C1(NC(=O)NCC(C)Cc2cccc3ccccc23)CCCCC1. The van der Waals surface area contributed by atoms with E-state index in [0.717, 1.165) is 25.7 Å². The molecule has 3 rings (SSSR count). The maximum atomic E-state index is 12.5. The van der Waals surface area contributed by atoms with Gasteiger partial charge in [-0.25, -0.2) is 4.79 Å². The van der Waals surface area contributed by atoms with Gasteiger partial charge in [-0.15, -0.1) is 0 Å². The summed E-state index contributed by atoms with van der Waals surface area (Å²) < 4.78 is 0. The average Bonchev–Trinajstić information content (AvgIpc) is 2.72. The highest BCUT2D eigenvalue weighted by atomic mass is 16.2. The molecule has 0 spiro atoms. The molecule has 1 atom stereocenters. The van der Waals surface area contributed by atoms with E-state index in [4.69, 9.17) is 0 Å². The molecule has 28 heavy (non-hydrogen) atoms. The van der Waals surface area contributed by atoms with Crippen LogP contribution in [0, 0.1) is 5.92 Å². The van der Waals surface area contributed by atoms with E-state index in [9.17, 15) is 9.59 Å². The summed E-state index contributed by atoms with van der Waals surface area (Å²) in [5, 5.41) is 11.2. The molecule has 1 aliphatic rings. The summed E-state index contributed by atoms with van der Waals surface area (Å²) in [5.41, 5.74) is 0.526. The first-order valence-electron chi connectivity index (χ1n) is 10.3. The number of nitrogens with one attached hydrogen (secondary N) is 3. The quantitative estimate of drug-likeness (QED) is 0.713. The number of benzene rings is 2. The van der Waals surface area contributed by atoms with Gasteiger partial charge in [0.05, 0.1) is 0 Å². The molecule has 2 aromatic rings. The van der Waals surface area contributed by atoms with Crippen LogP contribution in [-0.4, -0.2) is 31.1 Å². The van der Waals surface area contributed by atoms with Crippen molar-refractivity contribution in [2.45, 2.75) is 51.0 Å². The molecular weight excluding hydrogens is 350 g/mol. The summed E-state index contributed by atoms with van der Waals surface area (Å²) in [6.45, 7) is 2.70. The Bertz CT molecular complexity index is 822. The Balaban J connectivity index is 1.57. The fourth-order valence-corrected chi connectivity index (χ4v) is 4.25. The number of likely N-dealkylation sites (N-methyl/N-ethyl adjacent to an activating group) is 1. The van der Waals surface area contributed by atoms with E-state index in [2.05, 4.69) is 65.3 Å². The van der Waals surface area contributed by atoms with Crippen LogP contribution in [0.1, 0.15) is 44.6 Å². The molecule has 2 aromatic carbocycles. The van der Waals surface area contributed by atoms with Gasteiger partial charge in [-0.2, -0.15) is 0 Å². The van der Waals surface area contributed by atoms with E-state index in [1.165, 1.54) is 16.3 Å². The van der Waals surface area contributed by atoms with Crippen molar-refractivity contribution in [2.75, 3.05) is 13.6 Å². The van der Waals surface area contributed by atoms with Crippen molar-refractivity contribution in [1.29, 1.82) is 0 Å². The molecule has 0 aliphatic heterocycles. The van der Waals surface area contributed by atoms with Gasteiger partial charge in [0.1, 0.15) is 5.54 Å². The van der Waals surface area contributed by atoms with Gasteiger partial charge in [0.25, 0.3) is 0 Å². The average molecular weight is 382 g/mol. The summed E-state index contributed by atoms with van der Waals surface area (Å²) in [5.74, 6) is 0.199. The Kier molecular flexibility index (Phi) is 6.55. The minimum Gasteiger partial charge on any atom is -0.357 e. The fraction of sp³-hybridized carbons (Fsp3) is 0.478. The molecule has 1 unspecified atom stereocenters. The Morgan fingerprint density at radius 3 is 2.50 bits per heavy atom. The highest BCUT2D eigenvalue weighted by molar-refractivity contribution is 5.91. The van der Waals surface area contributed by atoms with Crippen molar-refractivity contribution >= 4 is 22.7 Å². The highest BCUT2D eigenvalue weighted by Gasteiger charge is 2.40. The van der Waals surface area contributed by atoms with Crippen LogP contribution in [0.25, 0.3) is 10.8 Å². The first kappa shape index (κ1) is 20.2. The van der Waals surface area contributed by atoms with Crippen molar-refractivity contribution in [2.24, 2.45) is 5.92 Å². The Morgan fingerprint density at radius 2 is 1.75 bits per heavy atom. The lowest BCUT2D eigenvalue weighted by Crippen LogP contribution is -2.61. The Hall–Kier alpha value is -2.56. The molecular formula is C23H31N3O2. The molecule has 1 fully saturated rings. The second-order valence-corrected chi connectivity index (χ2v) is 8.00. The van der Waals surface area contributed by atoms with Crippen LogP contribution < -0.4 is 16.0 Å². The van der Waals surface area contributed by atoms with Crippen LogP contribution in [0.3, 0.4) is 0 Å². The van der Waals surface area contributed by atoms with Gasteiger partial charge in [-0.05, 0) is 41.5 Å². The lowest BCUT2D eigenvalue weighted by atomic mass is 9.81. The molecule has 0 saturated heterocycles. The number of urea groups is 1. The molecule has 3 N–H and O–H groups in total. The lowest BCUT2D eigenvalue weighted by Gasteiger charge is -2.36. The van der Waals surface area contributed by atoms with Crippen molar-refractivity contribution in [3.8, 4) is 0 Å². The molecule has 150 valence electrons. The normalized spacial score (nSPS) is 16.9. The third-order valence-corrected chi connectivity index (χ3v) is 5.78. The minimum absolute atomic E-state index is 0.0915. The lowest BCUT2D eigenvalue weighted by molar-refractivity contribution is -0.128. The zero-order valence-corrected chi connectivity index (χ0v) is 16.9. The van der Waals surface area contributed by atoms with Crippen molar-refractivity contribution < 1.29 is 9.59 Å². The van der Waals surface area contributed by atoms with E-state index in [-0.39, 0.29) is 11.9 Å². The summed E-state index contributed by atoms with van der Waals surface area (Å²) in [6.07, 6.45) is 5.33. The van der Waals surface area contributed by atoms with Crippen molar-refractivity contribution in [1.82, 2.24) is 16.0 Å². The van der Waals surface area contributed by atoms with Crippen LogP contribution in [0.4, 0.5) is 4.79 Å². The van der Waals surface area contributed by atoms with E-state index in [0.29, 0.717) is 25.3 Å². The van der Waals surface area contributed by atoms with Crippen LogP contribution in [0.2, 0.25) is 0 Å². The molecule has 0 heterocycles. The molecule has 1 saturated carbocycles. The Labute approximate surface area is 167 Å². The number of hydrogen-bond acceptors (Lipinski definition) is 2. The third-order valence-electron chi connectivity index (χ3n) is 5.78. The van der Waals surface area contributed by atoms with Crippen LogP contribution in [0.5, 0.6) is 0 Å². The van der Waals surface area contributed by atoms with E-state index < -0.39 is 5.54 Å². The first-order chi connectivity index (χ1) is 13.5. The Morgan fingerprint density at radius 1 is 1.04 bits per heavy atom. The van der Waals surface area contributed by atoms with Crippen molar-refractivity contribution in [3.05, 3.63) is 48.0 Å². The van der Waals surface area contributed by atoms with Gasteiger partial charge in [-0.1, -0.05) is 68.7 Å². The second-order valence-electron chi connectivity index (χ2n) is 8.00. The maximum Gasteiger partial charge on any atom is 0.315 e. The molecule has 1 aliphatic carbocycles. The number of fused-ring (bicyclic) bond motifs is 1. The van der Waals surface area contributed by atoms with Gasteiger partial charge in [0.2, 0.25) is 5.91 Å². The standard InChI is InChI=1S/C23H31N3O2/c1-17(15-19-11-8-10-18-9-4-5-12-20(18)19)16-25-22(28)26-23(21(27)24-2)13-6-3-7-14-23/h4-5,8-12,17H,3,6-7,13-16H2,1-2H3,(H,24,27)(H2,25,26,28). The number of amides is 3. The fourth-order valence-electron chi connectivity index (χ4n) is 4.25. The topological polar surface area (TPSA) is 70.2 Å². The summed E-state index contributed by atoms with van der Waals surface area (Å²) in [6, 6.07) is 14.5. The smallest absolute Gasteiger partial charge is 0.315 e. The monoisotopic (exact) mass is 381 g/mol. The maximum absolute atomic E-state index is 12.5. The third kappa shape index (κ3) is 4.64. The number of hydrogen-bond donors (Lipinski definition) is 3. The summed E-state index contributed by atoms with van der Waals surface area (Å²) >= 11 is 0. The number of carbonyl (C=O) groups is 2. The molecule has 0 aromatic heterocycles. The van der Waals surface area contributed by atoms with Gasteiger partial charge in [-0.3, -0.25) is 4.79 Å². The van der Waals surface area contributed by atoms with Crippen LogP contribution >= 0.6 is 0 Å². The van der Waals surface area contributed by atoms with Gasteiger partial charge in [0, 0.05) is 13.6 Å². The van der Waals surface area contributed by atoms with Crippen LogP contribution in [-0.2, 0) is 11.2 Å². The largest absolute Gasteiger partial charge is 0.357 e. The second kappa shape index (κ2) is 9.09. The van der Waals surface area contributed by atoms with E-state index in [1.54, 1.807) is 7.05 Å². The number of rotatable bonds is 6. The molecule has 5 nitrogen and oxygen atoms in total. The molecule has 3 amide bonds. The number of carbonyl (C=O) groups excluding carboxylic acids is 2. The van der Waals surface area contributed by atoms with Gasteiger partial charge >= 0.3 is 6.03 Å². The van der Waals surface area contributed by atoms with Gasteiger partial charge < -0.3 is 16.0 Å².